The van der Waals surface area contributed by atoms with Crippen molar-refractivity contribution in [2.75, 3.05) is 26.2 Å². The Labute approximate surface area is 231 Å². The molecule has 0 saturated heterocycles. The minimum Gasteiger partial charge on any atom is -0.491 e. The molecule has 2 unspecified atom stereocenters. The van der Waals surface area contributed by atoms with Gasteiger partial charge in [-0.3, -0.25) is 9.59 Å². The second kappa shape index (κ2) is 12.6. The predicted octanol–water partition coefficient (Wildman–Crippen LogP) is 6.87. The number of thiophene rings is 1. The number of amides is 2. The Bertz CT molecular complexity index is 1220. The SMILES string of the molecule is CCC(C)CN(CC(=O)N1CCc2sccc2C1COc1ccc(C(C)C)cc1)C(=O)c1ccc(C)cc1. The second-order valence-electron chi connectivity index (χ2n) is 10.8. The summed E-state index contributed by atoms with van der Waals surface area (Å²) < 4.78 is 6.23. The number of ether oxygens (including phenoxy) is 1. The zero-order chi connectivity index (χ0) is 27.2. The number of rotatable bonds is 10. The molecule has 3 aromatic rings. The number of hydrogen-bond donors (Lipinski definition) is 0. The van der Waals surface area contributed by atoms with Crippen LogP contribution < -0.4 is 4.74 Å². The quantitative estimate of drug-likeness (QED) is 0.286. The highest BCUT2D eigenvalue weighted by Gasteiger charge is 2.34. The van der Waals surface area contributed by atoms with Crippen LogP contribution in [0.25, 0.3) is 0 Å². The fourth-order valence-corrected chi connectivity index (χ4v) is 5.78. The Morgan fingerprint density at radius 3 is 2.42 bits per heavy atom. The summed E-state index contributed by atoms with van der Waals surface area (Å²) in [7, 11) is 0. The molecule has 1 aliphatic rings. The van der Waals surface area contributed by atoms with Crippen LogP contribution in [0.15, 0.2) is 60.0 Å². The molecule has 0 bridgehead atoms. The third-order valence-corrected chi connectivity index (χ3v) is 8.51. The Morgan fingerprint density at radius 2 is 1.76 bits per heavy atom. The van der Waals surface area contributed by atoms with Gasteiger partial charge in [0, 0.05) is 23.5 Å². The summed E-state index contributed by atoms with van der Waals surface area (Å²) in [6.07, 6.45) is 1.77. The standard InChI is InChI=1S/C32H40N2O3S/c1-6-23(4)19-33(32(36)26-9-7-24(5)8-10-26)20-31(35)34-17-15-30-28(16-18-38-30)29(34)21-37-27-13-11-25(12-14-27)22(2)3/h7-14,16,18,22-23,29H,6,15,17,19-21H2,1-5H3. The van der Waals surface area contributed by atoms with Gasteiger partial charge in [0.25, 0.3) is 5.91 Å². The van der Waals surface area contributed by atoms with E-state index in [1.54, 1.807) is 16.2 Å². The van der Waals surface area contributed by atoms with E-state index in [1.807, 2.05) is 48.2 Å². The summed E-state index contributed by atoms with van der Waals surface area (Å²) in [5.74, 6) is 1.44. The molecule has 0 saturated carbocycles. The number of hydrogen-bond acceptors (Lipinski definition) is 4. The van der Waals surface area contributed by atoms with E-state index in [-0.39, 0.29) is 24.4 Å². The molecule has 2 heterocycles. The van der Waals surface area contributed by atoms with E-state index in [0.29, 0.717) is 37.1 Å². The predicted molar refractivity (Wildman–Crippen MR) is 155 cm³/mol. The average molecular weight is 533 g/mol. The zero-order valence-corrected chi connectivity index (χ0v) is 24.1. The lowest BCUT2D eigenvalue weighted by atomic mass is 10.00. The van der Waals surface area contributed by atoms with Gasteiger partial charge in [-0.1, -0.05) is 63.9 Å². The van der Waals surface area contributed by atoms with Gasteiger partial charge in [-0.15, -0.1) is 11.3 Å². The highest BCUT2D eigenvalue weighted by Crippen LogP contribution is 2.34. The van der Waals surface area contributed by atoms with Crippen LogP contribution in [0.1, 0.15) is 78.0 Å². The number of carbonyl (C=O) groups is 2. The average Bonchev–Trinajstić information content (AvgIpc) is 3.40. The van der Waals surface area contributed by atoms with Crippen LogP contribution in [-0.2, 0) is 11.2 Å². The van der Waals surface area contributed by atoms with Crippen molar-refractivity contribution >= 4 is 23.2 Å². The first-order chi connectivity index (χ1) is 18.3. The van der Waals surface area contributed by atoms with Gasteiger partial charge < -0.3 is 14.5 Å². The number of fused-ring (bicyclic) bond motifs is 1. The molecule has 0 aliphatic carbocycles. The molecule has 1 aliphatic heterocycles. The van der Waals surface area contributed by atoms with Crippen LogP contribution >= 0.6 is 11.3 Å². The van der Waals surface area contributed by atoms with Crippen LogP contribution in [0.2, 0.25) is 0 Å². The minimum absolute atomic E-state index is 0.0330. The normalized spacial score (nSPS) is 15.7. The van der Waals surface area contributed by atoms with Gasteiger partial charge in [0.2, 0.25) is 5.91 Å². The lowest BCUT2D eigenvalue weighted by molar-refractivity contribution is -0.135. The smallest absolute Gasteiger partial charge is 0.254 e. The maximum atomic E-state index is 13.8. The van der Waals surface area contributed by atoms with Gasteiger partial charge >= 0.3 is 0 Å². The monoisotopic (exact) mass is 532 g/mol. The molecular formula is C32H40N2O3S. The fraction of sp³-hybridized carbons (Fsp3) is 0.438. The zero-order valence-electron chi connectivity index (χ0n) is 23.3. The summed E-state index contributed by atoms with van der Waals surface area (Å²) in [6.45, 7) is 12.2. The van der Waals surface area contributed by atoms with Crippen molar-refractivity contribution in [1.29, 1.82) is 0 Å². The Kier molecular flexibility index (Phi) is 9.26. The molecule has 38 heavy (non-hydrogen) atoms. The molecule has 5 nitrogen and oxygen atoms in total. The van der Waals surface area contributed by atoms with E-state index in [1.165, 1.54) is 10.4 Å². The number of nitrogens with zero attached hydrogens (tertiary/aromatic N) is 2. The molecule has 2 amide bonds. The van der Waals surface area contributed by atoms with E-state index < -0.39 is 0 Å². The van der Waals surface area contributed by atoms with Gasteiger partial charge in [0.05, 0.1) is 6.04 Å². The number of benzene rings is 2. The number of aryl methyl sites for hydroxylation is 1. The van der Waals surface area contributed by atoms with Gasteiger partial charge in [-0.2, -0.15) is 0 Å². The van der Waals surface area contributed by atoms with Crippen molar-refractivity contribution in [2.45, 2.75) is 59.4 Å². The number of carbonyl (C=O) groups excluding carboxylic acids is 2. The summed E-state index contributed by atoms with van der Waals surface area (Å²) in [4.78, 5) is 32.3. The van der Waals surface area contributed by atoms with Crippen molar-refractivity contribution < 1.29 is 14.3 Å². The van der Waals surface area contributed by atoms with E-state index in [4.69, 9.17) is 4.74 Å². The molecule has 0 N–H and O–H groups in total. The van der Waals surface area contributed by atoms with Crippen LogP contribution in [0.5, 0.6) is 5.75 Å². The summed E-state index contributed by atoms with van der Waals surface area (Å²) in [5.41, 5.74) is 4.15. The summed E-state index contributed by atoms with van der Waals surface area (Å²) in [6, 6.07) is 17.7. The molecule has 2 aromatic carbocycles. The lowest BCUT2D eigenvalue weighted by Crippen LogP contribution is -2.48. The Balaban J connectivity index is 1.52. The Hall–Kier alpha value is -3.12. The molecule has 0 radical (unpaired) electrons. The lowest BCUT2D eigenvalue weighted by Gasteiger charge is -2.37. The van der Waals surface area contributed by atoms with Gasteiger partial charge in [-0.05, 0) is 72.0 Å². The largest absolute Gasteiger partial charge is 0.491 e. The molecule has 0 fully saturated rings. The van der Waals surface area contributed by atoms with E-state index in [2.05, 4.69) is 51.3 Å². The van der Waals surface area contributed by atoms with Gasteiger partial charge in [-0.25, -0.2) is 0 Å². The third kappa shape index (κ3) is 6.65. The Morgan fingerprint density at radius 1 is 1.05 bits per heavy atom. The first kappa shape index (κ1) is 27.9. The summed E-state index contributed by atoms with van der Waals surface area (Å²) in [5, 5.41) is 2.10. The molecule has 202 valence electrons. The first-order valence-electron chi connectivity index (χ1n) is 13.7. The molecule has 6 heteroatoms. The van der Waals surface area contributed by atoms with Crippen LogP contribution in [0, 0.1) is 12.8 Å². The molecule has 2 atom stereocenters. The molecule has 4 rings (SSSR count). The van der Waals surface area contributed by atoms with Gasteiger partial charge in [0.15, 0.2) is 0 Å². The van der Waals surface area contributed by atoms with Crippen molar-refractivity contribution in [3.63, 3.8) is 0 Å². The first-order valence-corrected chi connectivity index (χ1v) is 14.6. The summed E-state index contributed by atoms with van der Waals surface area (Å²) >= 11 is 1.74. The molecule has 0 spiro atoms. The van der Waals surface area contributed by atoms with Crippen molar-refractivity contribution in [2.24, 2.45) is 5.92 Å². The van der Waals surface area contributed by atoms with E-state index >= 15 is 0 Å². The maximum Gasteiger partial charge on any atom is 0.254 e. The van der Waals surface area contributed by atoms with E-state index in [9.17, 15) is 9.59 Å². The van der Waals surface area contributed by atoms with E-state index in [0.717, 1.165) is 29.7 Å². The van der Waals surface area contributed by atoms with Crippen LogP contribution in [0.3, 0.4) is 0 Å². The maximum absolute atomic E-state index is 13.8. The van der Waals surface area contributed by atoms with Crippen molar-refractivity contribution in [1.82, 2.24) is 9.80 Å². The highest BCUT2D eigenvalue weighted by molar-refractivity contribution is 7.10. The van der Waals surface area contributed by atoms with Crippen molar-refractivity contribution in [3.8, 4) is 5.75 Å². The van der Waals surface area contributed by atoms with Crippen molar-refractivity contribution in [3.05, 3.63) is 87.1 Å². The van der Waals surface area contributed by atoms with Crippen LogP contribution in [-0.4, -0.2) is 47.9 Å². The second-order valence-corrected chi connectivity index (χ2v) is 11.8. The topological polar surface area (TPSA) is 49.9 Å². The molecule has 1 aromatic heterocycles. The molecular weight excluding hydrogens is 492 g/mol. The third-order valence-electron chi connectivity index (χ3n) is 7.51. The van der Waals surface area contributed by atoms with Crippen LogP contribution in [0.4, 0.5) is 0 Å². The fourth-order valence-electron chi connectivity index (χ4n) is 4.86. The highest BCUT2D eigenvalue weighted by atomic mass is 32.1. The van der Waals surface area contributed by atoms with Gasteiger partial charge in [0.1, 0.15) is 18.9 Å². The minimum atomic E-state index is -0.179.